The summed E-state index contributed by atoms with van der Waals surface area (Å²) in [4.78, 5) is 0. The molecule has 28 heavy (non-hydrogen) atoms. The molecule has 0 aliphatic rings. The summed E-state index contributed by atoms with van der Waals surface area (Å²) in [6, 6.07) is 7.98. The number of alkyl halides is 3. The Balaban J connectivity index is 1.85. The highest BCUT2D eigenvalue weighted by atomic mass is 35.5. The molecule has 0 aliphatic heterocycles. The topological polar surface area (TPSA) is 64.9 Å². The third-order valence-corrected chi connectivity index (χ3v) is 4.38. The first-order valence-corrected chi connectivity index (χ1v) is 8.47. The number of tetrazole rings is 1. The molecular weight excluding hydrogens is 418 g/mol. The van der Waals surface area contributed by atoms with Gasteiger partial charge in [-0.2, -0.15) is 17.9 Å². The lowest BCUT2D eigenvalue weighted by molar-refractivity contribution is -0.137. The number of rotatable bonds is 5. The third kappa shape index (κ3) is 4.37. The summed E-state index contributed by atoms with van der Waals surface area (Å²) in [6.07, 6.45) is -1.58. The molecule has 0 spiro atoms. The molecule has 0 saturated carbocycles. The van der Waals surface area contributed by atoms with Gasteiger partial charge in [-0.15, -0.1) is 5.10 Å². The van der Waals surface area contributed by atoms with Crippen molar-refractivity contribution in [2.75, 3.05) is 12.4 Å². The molecule has 0 bridgehead atoms. The van der Waals surface area contributed by atoms with E-state index in [1.54, 1.807) is 18.2 Å². The largest absolute Gasteiger partial charge is 0.495 e. The van der Waals surface area contributed by atoms with Gasteiger partial charge in [0.1, 0.15) is 5.75 Å². The Bertz CT molecular complexity index is 1020. The van der Waals surface area contributed by atoms with Crippen LogP contribution in [-0.2, 0) is 6.18 Å². The highest BCUT2D eigenvalue weighted by Crippen LogP contribution is 2.35. The van der Waals surface area contributed by atoms with Gasteiger partial charge in [-0.05, 0) is 46.8 Å². The van der Waals surface area contributed by atoms with Crippen LogP contribution in [0, 0.1) is 0 Å². The van der Waals surface area contributed by atoms with Crippen molar-refractivity contribution in [2.45, 2.75) is 6.18 Å². The van der Waals surface area contributed by atoms with Gasteiger partial charge in [0, 0.05) is 12.3 Å². The van der Waals surface area contributed by atoms with Crippen LogP contribution in [0.1, 0.15) is 11.4 Å². The van der Waals surface area contributed by atoms with E-state index in [1.165, 1.54) is 30.1 Å². The molecule has 2 aromatic carbocycles. The van der Waals surface area contributed by atoms with Crippen LogP contribution < -0.4 is 10.1 Å². The number of hydrogen-bond acceptors (Lipinski definition) is 5. The van der Waals surface area contributed by atoms with E-state index in [0.29, 0.717) is 21.6 Å². The van der Waals surface area contributed by atoms with Crippen LogP contribution in [-0.4, -0.2) is 27.3 Å². The molecular formula is C17H12Cl2F3N5O. The molecule has 0 radical (unpaired) electrons. The summed E-state index contributed by atoms with van der Waals surface area (Å²) in [5.41, 5.74) is -0.0947. The van der Waals surface area contributed by atoms with Gasteiger partial charge < -0.3 is 10.1 Å². The Morgan fingerprint density at radius 2 is 1.89 bits per heavy atom. The zero-order valence-corrected chi connectivity index (χ0v) is 15.7. The smallest absolute Gasteiger partial charge is 0.416 e. The van der Waals surface area contributed by atoms with Gasteiger partial charge in [0.25, 0.3) is 0 Å². The van der Waals surface area contributed by atoms with E-state index in [4.69, 9.17) is 27.9 Å². The number of methoxy groups -OCH3 is 1. The van der Waals surface area contributed by atoms with Crippen molar-refractivity contribution >= 4 is 35.0 Å². The van der Waals surface area contributed by atoms with Crippen LogP contribution in [0.2, 0.25) is 10.0 Å². The van der Waals surface area contributed by atoms with E-state index in [9.17, 15) is 13.2 Å². The Morgan fingerprint density at radius 3 is 2.57 bits per heavy atom. The van der Waals surface area contributed by atoms with Crippen LogP contribution in [0.15, 0.2) is 42.6 Å². The van der Waals surface area contributed by atoms with E-state index < -0.39 is 11.7 Å². The van der Waals surface area contributed by atoms with E-state index in [1.807, 2.05) is 0 Å². The molecule has 1 aromatic heterocycles. The maximum atomic E-state index is 12.9. The van der Waals surface area contributed by atoms with Crippen LogP contribution >= 0.6 is 23.2 Å². The van der Waals surface area contributed by atoms with Crippen molar-refractivity contribution in [2.24, 2.45) is 0 Å². The average molecular weight is 430 g/mol. The van der Waals surface area contributed by atoms with Gasteiger partial charge in [-0.3, -0.25) is 0 Å². The monoisotopic (exact) mass is 429 g/mol. The number of nitrogens with zero attached hydrogens (tertiary/aromatic N) is 4. The Labute approximate surface area is 167 Å². The lowest BCUT2D eigenvalue weighted by Gasteiger charge is -2.12. The first kappa shape index (κ1) is 20.0. The van der Waals surface area contributed by atoms with Crippen molar-refractivity contribution in [3.8, 4) is 11.4 Å². The van der Waals surface area contributed by atoms with E-state index in [-0.39, 0.29) is 11.4 Å². The highest BCUT2D eigenvalue weighted by Gasteiger charge is 2.31. The quantitative estimate of drug-likeness (QED) is 0.612. The molecule has 0 atom stereocenters. The number of hydrogen-bond donors (Lipinski definition) is 1. The average Bonchev–Trinajstić information content (AvgIpc) is 3.11. The van der Waals surface area contributed by atoms with Crippen molar-refractivity contribution in [1.82, 2.24) is 20.2 Å². The van der Waals surface area contributed by atoms with Crippen molar-refractivity contribution in [3.63, 3.8) is 0 Å². The van der Waals surface area contributed by atoms with Crippen LogP contribution in [0.25, 0.3) is 11.8 Å². The first-order valence-electron chi connectivity index (χ1n) is 7.71. The Hall–Kier alpha value is -2.78. The number of nitrogens with one attached hydrogen (secondary N) is 1. The Morgan fingerprint density at radius 1 is 1.11 bits per heavy atom. The molecule has 1 heterocycles. The SMILES string of the molecule is COc1ccc(C(F)(F)F)cc1NC=Cc1nnnn1-c1ccc(Cl)c(Cl)c1. The molecule has 1 N–H and O–H groups in total. The van der Waals surface area contributed by atoms with Gasteiger partial charge in [0.05, 0.1) is 34.1 Å². The van der Waals surface area contributed by atoms with Gasteiger partial charge in [-0.1, -0.05) is 23.2 Å². The summed E-state index contributed by atoms with van der Waals surface area (Å²) >= 11 is 11.9. The second-order valence-electron chi connectivity index (χ2n) is 5.44. The number of benzene rings is 2. The number of ether oxygens (including phenoxy) is 1. The molecule has 0 fully saturated rings. The fourth-order valence-corrected chi connectivity index (χ4v) is 2.59. The molecule has 3 rings (SSSR count). The predicted molar refractivity (Wildman–Crippen MR) is 99.8 cm³/mol. The molecule has 6 nitrogen and oxygen atoms in total. The number of anilines is 1. The fourth-order valence-electron chi connectivity index (χ4n) is 2.30. The van der Waals surface area contributed by atoms with Crippen LogP contribution in [0.4, 0.5) is 18.9 Å². The zero-order chi connectivity index (χ0) is 20.3. The summed E-state index contributed by atoms with van der Waals surface area (Å²) in [7, 11) is 1.36. The van der Waals surface area contributed by atoms with Crippen molar-refractivity contribution in [3.05, 3.63) is 64.0 Å². The molecule has 11 heteroatoms. The lowest BCUT2D eigenvalue weighted by Crippen LogP contribution is -2.06. The minimum absolute atomic E-state index is 0.141. The third-order valence-electron chi connectivity index (χ3n) is 3.64. The Kier molecular flexibility index (Phi) is 5.76. The van der Waals surface area contributed by atoms with Gasteiger partial charge >= 0.3 is 6.18 Å². The van der Waals surface area contributed by atoms with E-state index >= 15 is 0 Å². The van der Waals surface area contributed by atoms with Gasteiger partial charge in [0.2, 0.25) is 0 Å². The summed E-state index contributed by atoms with van der Waals surface area (Å²) in [5, 5.41) is 14.8. The zero-order valence-electron chi connectivity index (χ0n) is 14.2. The maximum absolute atomic E-state index is 12.9. The second kappa shape index (κ2) is 8.07. The number of aromatic nitrogens is 4. The second-order valence-corrected chi connectivity index (χ2v) is 6.25. The van der Waals surface area contributed by atoms with Gasteiger partial charge in [-0.25, -0.2) is 0 Å². The van der Waals surface area contributed by atoms with E-state index in [2.05, 4.69) is 20.8 Å². The number of halogens is 5. The fraction of sp³-hybridized carbons (Fsp3) is 0.118. The summed E-state index contributed by atoms with van der Waals surface area (Å²) < 4.78 is 45.2. The summed E-state index contributed by atoms with van der Waals surface area (Å²) in [5.74, 6) is 0.568. The van der Waals surface area contributed by atoms with Gasteiger partial charge in [0.15, 0.2) is 5.82 Å². The highest BCUT2D eigenvalue weighted by molar-refractivity contribution is 6.42. The maximum Gasteiger partial charge on any atom is 0.416 e. The van der Waals surface area contributed by atoms with Crippen LogP contribution in [0.3, 0.4) is 0 Å². The first-order chi connectivity index (χ1) is 13.3. The van der Waals surface area contributed by atoms with Crippen LogP contribution in [0.5, 0.6) is 5.75 Å². The van der Waals surface area contributed by atoms with Crippen molar-refractivity contribution < 1.29 is 17.9 Å². The normalized spacial score (nSPS) is 11.8. The summed E-state index contributed by atoms with van der Waals surface area (Å²) in [6.45, 7) is 0. The molecule has 0 saturated heterocycles. The standard InChI is InChI=1S/C17H12Cl2F3N5O/c1-28-15-5-2-10(17(20,21)22)8-14(15)23-7-6-16-24-25-26-27(16)11-3-4-12(18)13(19)9-11/h2-9,23H,1H3. The lowest BCUT2D eigenvalue weighted by atomic mass is 10.2. The predicted octanol–water partition coefficient (Wildman–Crippen LogP) is 5.08. The minimum atomic E-state index is -4.47. The van der Waals surface area contributed by atoms with Crippen molar-refractivity contribution in [1.29, 1.82) is 0 Å². The molecule has 3 aromatic rings. The molecule has 0 amide bonds. The minimum Gasteiger partial charge on any atom is -0.495 e. The molecule has 146 valence electrons. The molecule has 0 aliphatic carbocycles. The molecule has 0 unspecified atom stereocenters. The van der Waals surface area contributed by atoms with E-state index in [0.717, 1.165) is 12.1 Å².